The standard InChI is InChI=1S/C19H24N4O/c1-15-7-6-8-16(13-15)14-20-18-10-9-17(21-22-18)19(24)23-11-4-2-3-5-12-23/h6-10,13H,2-5,11-12,14H2,1H3,(H,20,22). The van der Waals surface area contributed by atoms with Crippen molar-refractivity contribution in [2.75, 3.05) is 18.4 Å². The van der Waals surface area contributed by atoms with E-state index in [4.69, 9.17) is 0 Å². The third kappa shape index (κ3) is 4.31. The largest absolute Gasteiger partial charge is 0.365 e. The number of carbonyl (C=O) groups excluding carboxylic acids is 1. The van der Waals surface area contributed by atoms with Gasteiger partial charge in [0.15, 0.2) is 5.69 Å². The number of nitrogens with one attached hydrogen (secondary N) is 1. The summed E-state index contributed by atoms with van der Waals surface area (Å²) in [5.41, 5.74) is 2.86. The van der Waals surface area contributed by atoms with Crippen molar-refractivity contribution in [3.05, 3.63) is 53.2 Å². The fourth-order valence-electron chi connectivity index (χ4n) is 2.99. The van der Waals surface area contributed by atoms with E-state index in [9.17, 15) is 4.79 Å². The van der Waals surface area contributed by atoms with Crippen LogP contribution in [0.2, 0.25) is 0 Å². The maximum Gasteiger partial charge on any atom is 0.274 e. The van der Waals surface area contributed by atoms with Gasteiger partial charge in [0.2, 0.25) is 0 Å². The Labute approximate surface area is 143 Å². The smallest absolute Gasteiger partial charge is 0.274 e. The first-order chi connectivity index (χ1) is 11.7. The van der Waals surface area contributed by atoms with Crippen molar-refractivity contribution in [2.45, 2.75) is 39.2 Å². The highest BCUT2D eigenvalue weighted by atomic mass is 16.2. The summed E-state index contributed by atoms with van der Waals surface area (Å²) in [7, 11) is 0. The molecule has 24 heavy (non-hydrogen) atoms. The van der Waals surface area contributed by atoms with Gasteiger partial charge >= 0.3 is 0 Å². The summed E-state index contributed by atoms with van der Waals surface area (Å²) in [6.45, 7) is 4.42. The van der Waals surface area contributed by atoms with Crippen LogP contribution in [0.25, 0.3) is 0 Å². The second-order valence-electron chi connectivity index (χ2n) is 6.35. The van der Waals surface area contributed by atoms with Crippen LogP contribution in [-0.2, 0) is 6.54 Å². The molecule has 5 nitrogen and oxygen atoms in total. The maximum absolute atomic E-state index is 12.5. The number of amides is 1. The van der Waals surface area contributed by atoms with E-state index in [1.54, 1.807) is 6.07 Å². The fraction of sp³-hybridized carbons (Fsp3) is 0.421. The third-order valence-corrected chi connectivity index (χ3v) is 4.33. The lowest BCUT2D eigenvalue weighted by atomic mass is 10.1. The molecule has 1 amide bonds. The van der Waals surface area contributed by atoms with Gasteiger partial charge in [-0.1, -0.05) is 42.7 Å². The number of carbonyl (C=O) groups is 1. The number of likely N-dealkylation sites (tertiary alicyclic amines) is 1. The summed E-state index contributed by atoms with van der Waals surface area (Å²) in [5.74, 6) is 0.679. The molecule has 0 aliphatic carbocycles. The van der Waals surface area contributed by atoms with Crippen molar-refractivity contribution in [2.24, 2.45) is 0 Å². The zero-order chi connectivity index (χ0) is 16.8. The number of hydrogen-bond acceptors (Lipinski definition) is 4. The minimum absolute atomic E-state index is 0.00497. The minimum Gasteiger partial charge on any atom is -0.365 e. The molecule has 0 unspecified atom stereocenters. The lowest BCUT2D eigenvalue weighted by Gasteiger charge is -2.19. The van der Waals surface area contributed by atoms with Crippen molar-refractivity contribution in [3.63, 3.8) is 0 Å². The third-order valence-electron chi connectivity index (χ3n) is 4.33. The zero-order valence-corrected chi connectivity index (χ0v) is 14.2. The summed E-state index contributed by atoms with van der Waals surface area (Å²) < 4.78 is 0. The molecular weight excluding hydrogens is 300 g/mol. The molecule has 0 radical (unpaired) electrons. The van der Waals surface area contributed by atoms with Crippen LogP contribution >= 0.6 is 0 Å². The van der Waals surface area contributed by atoms with Gasteiger partial charge in [-0.25, -0.2) is 0 Å². The van der Waals surface area contributed by atoms with Crippen molar-refractivity contribution in [1.82, 2.24) is 15.1 Å². The average molecular weight is 324 g/mol. The molecule has 1 N–H and O–H groups in total. The highest BCUT2D eigenvalue weighted by Crippen LogP contribution is 2.13. The number of hydrogen-bond donors (Lipinski definition) is 1. The van der Waals surface area contributed by atoms with Crippen LogP contribution in [0.5, 0.6) is 0 Å². The fourth-order valence-corrected chi connectivity index (χ4v) is 2.99. The summed E-state index contributed by atoms with van der Waals surface area (Å²) in [5, 5.41) is 11.5. The maximum atomic E-state index is 12.5. The minimum atomic E-state index is -0.00497. The molecular formula is C19H24N4O. The molecule has 5 heteroatoms. The second-order valence-corrected chi connectivity index (χ2v) is 6.35. The van der Waals surface area contributed by atoms with Crippen molar-refractivity contribution in [3.8, 4) is 0 Å². The monoisotopic (exact) mass is 324 g/mol. The van der Waals surface area contributed by atoms with E-state index in [1.165, 1.54) is 24.0 Å². The first-order valence-electron chi connectivity index (χ1n) is 8.65. The number of benzene rings is 1. The van der Waals surface area contributed by atoms with Gasteiger partial charge in [0.25, 0.3) is 5.91 Å². The molecule has 3 rings (SSSR count). The predicted octanol–water partition coefficient (Wildman–Crippen LogP) is 3.41. The lowest BCUT2D eigenvalue weighted by Crippen LogP contribution is -2.32. The molecule has 1 aromatic carbocycles. The average Bonchev–Trinajstić information content (AvgIpc) is 2.89. The SMILES string of the molecule is Cc1cccc(CNc2ccc(C(=O)N3CCCCCC3)nn2)c1. The Hall–Kier alpha value is -2.43. The van der Waals surface area contributed by atoms with Crippen molar-refractivity contribution < 1.29 is 4.79 Å². The van der Waals surface area contributed by atoms with Gasteiger partial charge in [-0.2, -0.15) is 0 Å². The highest BCUT2D eigenvalue weighted by molar-refractivity contribution is 5.92. The molecule has 0 bridgehead atoms. The number of anilines is 1. The molecule has 1 aromatic heterocycles. The van der Waals surface area contributed by atoms with E-state index in [1.807, 2.05) is 17.0 Å². The Balaban J connectivity index is 1.59. The van der Waals surface area contributed by atoms with Crippen LogP contribution in [0.1, 0.15) is 47.3 Å². The topological polar surface area (TPSA) is 58.1 Å². The van der Waals surface area contributed by atoms with Crippen LogP contribution in [0.4, 0.5) is 5.82 Å². The Kier molecular flexibility index (Phi) is 5.41. The molecule has 0 atom stereocenters. The molecule has 1 fully saturated rings. The van der Waals surface area contributed by atoms with Crippen LogP contribution < -0.4 is 5.32 Å². The van der Waals surface area contributed by atoms with Gasteiger partial charge in [-0.15, -0.1) is 10.2 Å². The molecule has 2 heterocycles. The van der Waals surface area contributed by atoms with E-state index >= 15 is 0 Å². The van der Waals surface area contributed by atoms with E-state index in [-0.39, 0.29) is 5.91 Å². The van der Waals surface area contributed by atoms with Crippen LogP contribution in [-0.4, -0.2) is 34.1 Å². The first-order valence-corrected chi connectivity index (χ1v) is 8.65. The molecule has 0 saturated carbocycles. The summed E-state index contributed by atoms with van der Waals surface area (Å²) in [6.07, 6.45) is 4.57. The normalized spacial score (nSPS) is 15.0. The summed E-state index contributed by atoms with van der Waals surface area (Å²) in [4.78, 5) is 14.4. The second kappa shape index (κ2) is 7.90. The van der Waals surface area contributed by atoms with Crippen LogP contribution in [0, 0.1) is 6.92 Å². The van der Waals surface area contributed by atoms with Gasteiger partial charge in [-0.3, -0.25) is 4.79 Å². The van der Waals surface area contributed by atoms with Crippen molar-refractivity contribution in [1.29, 1.82) is 0 Å². The predicted molar refractivity (Wildman–Crippen MR) is 94.9 cm³/mol. The number of rotatable bonds is 4. The Morgan fingerprint density at radius 1 is 1.08 bits per heavy atom. The lowest BCUT2D eigenvalue weighted by molar-refractivity contribution is 0.0754. The Bertz CT molecular complexity index is 676. The van der Waals surface area contributed by atoms with Crippen molar-refractivity contribution >= 4 is 11.7 Å². The number of aromatic nitrogens is 2. The number of nitrogens with zero attached hydrogens (tertiary/aromatic N) is 3. The first kappa shape index (κ1) is 16.4. The molecule has 1 saturated heterocycles. The van der Waals surface area contributed by atoms with Crippen LogP contribution in [0.15, 0.2) is 36.4 Å². The Morgan fingerprint density at radius 3 is 2.54 bits per heavy atom. The molecule has 1 aliphatic heterocycles. The van der Waals surface area contributed by atoms with E-state index in [0.717, 1.165) is 25.9 Å². The molecule has 0 spiro atoms. The van der Waals surface area contributed by atoms with Gasteiger partial charge in [0.1, 0.15) is 5.82 Å². The molecule has 2 aromatic rings. The van der Waals surface area contributed by atoms with Gasteiger partial charge in [0.05, 0.1) is 0 Å². The molecule has 126 valence electrons. The molecule has 1 aliphatic rings. The van der Waals surface area contributed by atoms with Gasteiger partial charge < -0.3 is 10.2 Å². The number of aryl methyl sites for hydroxylation is 1. The quantitative estimate of drug-likeness (QED) is 0.936. The van der Waals surface area contributed by atoms with E-state index in [0.29, 0.717) is 18.1 Å². The highest BCUT2D eigenvalue weighted by Gasteiger charge is 2.18. The summed E-state index contributed by atoms with van der Waals surface area (Å²) in [6, 6.07) is 11.9. The van der Waals surface area contributed by atoms with Gasteiger partial charge in [0, 0.05) is 19.6 Å². The van der Waals surface area contributed by atoms with Gasteiger partial charge in [-0.05, 0) is 37.5 Å². The van der Waals surface area contributed by atoms with E-state index < -0.39 is 0 Å². The Morgan fingerprint density at radius 2 is 1.88 bits per heavy atom. The zero-order valence-electron chi connectivity index (χ0n) is 14.2. The summed E-state index contributed by atoms with van der Waals surface area (Å²) >= 11 is 0. The van der Waals surface area contributed by atoms with Crippen LogP contribution in [0.3, 0.4) is 0 Å². The van der Waals surface area contributed by atoms with E-state index in [2.05, 4.69) is 40.6 Å².